The van der Waals surface area contributed by atoms with Crippen molar-refractivity contribution in [3.8, 4) is 0 Å². The second-order valence-corrected chi connectivity index (χ2v) is 3.89. The molecule has 12 nitrogen and oxygen atoms in total. The average Bonchev–Trinajstić information content (AvgIpc) is 2.55. The topological polar surface area (TPSA) is 192 Å². The summed E-state index contributed by atoms with van der Waals surface area (Å²) < 4.78 is 0. The van der Waals surface area contributed by atoms with Crippen molar-refractivity contribution in [2.45, 2.75) is 0 Å². The van der Waals surface area contributed by atoms with E-state index in [2.05, 4.69) is 9.97 Å². The molecule has 0 aliphatic heterocycles. The first-order valence-corrected chi connectivity index (χ1v) is 5.86. The number of pyridine rings is 2. The Hall–Kier alpha value is -3.34. The van der Waals surface area contributed by atoms with Crippen LogP contribution in [0.15, 0.2) is 36.7 Å². The van der Waals surface area contributed by atoms with Crippen LogP contribution >= 0.6 is 0 Å². The Labute approximate surface area is 151 Å². The fourth-order valence-electron chi connectivity index (χ4n) is 1.29. The van der Waals surface area contributed by atoms with Crippen LogP contribution in [0.4, 0.5) is 11.4 Å². The fraction of sp³-hybridized carbons (Fsp3) is 0. The van der Waals surface area contributed by atoms with Crippen LogP contribution in [0.5, 0.6) is 0 Å². The molecule has 0 amide bonds. The molecule has 13 heteroatoms. The van der Waals surface area contributed by atoms with Gasteiger partial charge in [-0.2, -0.15) is 0 Å². The maximum atomic E-state index is 10.2. The minimum atomic E-state index is -1.53. The molecule has 0 N–H and O–H groups in total. The van der Waals surface area contributed by atoms with Crippen LogP contribution in [-0.2, 0) is 19.5 Å². The summed E-state index contributed by atoms with van der Waals surface area (Å²) in [5.41, 5.74) is -1.51. The van der Waals surface area contributed by atoms with Gasteiger partial charge in [-0.1, -0.05) is 0 Å². The molecule has 0 saturated carbocycles. The fourth-order valence-corrected chi connectivity index (χ4v) is 1.29. The van der Waals surface area contributed by atoms with Crippen molar-refractivity contribution in [2.24, 2.45) is 0 Å². The molecule has 0 radical (unpaired) electrons. The first kappa shape index (κ1) is 21.7. The van der Waals surface area contributed by atoms with Gasteiger partial charge in [0.25, 0.3) is 11.4 Å². The number of nitro groups is 2. The molecule has 0 aliphatic rings. The molecular formula is C12H6N4O8Zn. The average molecular weight is 400 g/mol. The summed E-state index contributed by atoms with van der Waals surface area (Å²) in [5, 5.41) is 40.6. The number of carbonyl (C=O) groups excluding carboxylic acids is 2. The molecular weight excluding hydrogens is 394 g/mol. The number of carboxylic acids is 2. The van der Waals surface area contributed by atoms with Gasteiger partial charge in [0.15, 0.2) is 0 Å². The number of nitrogens with zero attached hydrogens (tertiary/aromatic N) is 4. The van der Waals surface area contributed by atoms with Crippen molar-refractivity contribution in [1.82, 2.24) is 9.97 Å². The van der Waals surface area contributed by atoms with E-state index in [1.165, 1.54) is 0 Å². The standard InChI is InChI=1S/2C6H4N2O4.Zn/c2*9-6(10)5-3-4(8(11)12)1-2-7-5;/h2*1-3H,(H,9,10);/q;;+2/p-2. The Morgan fingerprint density at radius 2 is 1.12 bits per heavy atom. The number of carbonyl (C=O) groups is 2. The Balaban J connectivity index is 0.000000443. The third kappa shape index (κ3) is 6.75. The van der Waals surface area contributed by atoms with Gasteiger partial charge < -0.3 is 19.8 Å². The molecule has 2 rings (SSSR count). The summed E-state index contributed by atoms with van der Waals surface area (Å²) >= 11 is 0. The van der Waals surface area contributed by atoms with Crippen molar-refractivity contribution in [1.29, 1.82) is 0 Å². The summed E-state index contributed by atoms with van der Waals surface area (Å²) in [7, 11) is 0. The van der Waals surface area contributed by atoms with E-state index in [1.807, 2.05) is 0 Å². The SMILES string of the molecule is O=C([O-])c1cc([N+](=O)[O-])ccn1.O=C([O-])c1cc([N+](=O)[O-])ccn1.[Zn+2]. The van der Waals surface area contributed by atoms with Crippen molar-refractivity contribution in [3.63, 3.8) is 0 Å². The number of hydrogen-bond acceptors (Lipinski definition) is 10. The summed E-state index contributed by atoms with van der Waals surface area (Å²) in [6.45, 7) is 0. The van der Waals surface area contributed by atoms with Gasteiger partial charge >= 0.3 is 19.5 Å². The molecule has 25 heavy (non-hydrogen) atoms. The van der Waals surface area contributed by atoms with E-state index in [4.69, 9.17) is 0 Å². The first-order chi connectivity index (χ1) is 11.2. The van der Waals surface area contributed by atoms with E-state index in [9.17, 15) is 40.0 Å². The van der Waals surface area contributed by atoms with Gasteiger partial charge in [-0.05, 0) is 0 Å². The number of carboxylic acid groups (broad SMARTS) is 2. The largest absolute Gasteiger partial charge is 2.00 e. The monoisotopic (exact) mass is 398 g/mol. The van der Waals surface area contributed by atoms with Gasteiger partial charge in [0.2, 0.25) is 0 Å². The van der Waals surface area contributed by atoms with Crippen molar-refractivity contribution in [2.75, 3.05) is 0 Å². The Kier molecular flexibility index (Phi) is 8.43. The molecule has 0 unspecified atom stereocenters. The van der Waals surface area contributed by atoms with E-state index in [0.717, 1.165) is 36.7 Å². The van der Waals surface area contributed by atoms with Crippen molar-refractivity contribution >= 4 is 23.3 Å². The van der Waals surface area contributed by atoms with Crippen LogP contribution in [0.2, 0.25) is 0 Å². The normalized spacial score (nSPS) is 8.96. The molecule has 2 aromatic heterocycles. The Morgan fingerprint density at radius 3 is 1.36 bits per heavy atom. The number of rotatable bonds is 4. The molecule has 0 aromatic carbocycles. The van der Waals surface area contributed by atoms with Crippen molar-refractivity contribution < 1.29 is 49.1 Å². The third-order valence-electron chi connectivity index (χ3n) is 2.33. The maximum absolute atomic E-state index is 10.2. The molecule has 0 bridgehead atoms. The quantitative estimate of drug-likeness (QED) is 0.339. The van der Waals surface area contributed by atoms with Crippen LogP contribution < -0.4 is 10.2 Å². The minimum absolute atomic E-state index is 0. The Morgan fingerprint density at radius 1 is 0.800 bits per heavy atom. The summed E-state index contributed by atoms with van der Waals surface area (Å²) in [4.78, 5) is 45.9. The summed E-state index contributed by atoms with van der Waals surface area (Å²) in [6.07, 6.45) is 2.09. The van der Waals surface area contributed by atoms with Gasteiger partial charge in [0.05, 0.1) is 33.2 Å². The van der Waals surface area contributed by atoms with E-state index < -0.39 is 33.2 Å². The van der Waals surface area contributed by atoms with E-state index >= 15 is 0 Å². The van der Waals surface area contributed by atoms with Crippen molar-refractivity contribution in [3.05, 3.63) is 68.3 Å². The van der Waals surface area contributed by atoms with Gasteiger partial charge in [-0.3, -0.25) is 30.2 Å². The molecule has 0 spiro atoms. The molecule has 0 atom stereocenters. The number of aromatic nitrogens is 2. The predicted molar refractivity (Wildman–Crippen MR) is 70.4 cm³/mol. The molecule has 2 aromatic rings. The van der Waals surface area contributed by atoms with Crippen LogP contribution in [-0.4, -0.2) is 31.8 Å². The van der Waals surface area contributed by atoms with Crippen LogP contribution in [0.25, 0.3) is 0 Å². The predicted octanol–water partition coefficient (Wildman–Crippen LogP) is -1.30. The Bertz CT molecular complexity index is 687. The molecule has 0 aliphatic carbocycles. The summed E-state index contributed by atoms with van der Waals surface area (Å²) in [5.74, 6) is -3.06. The second kappa shape index (κ2) is 9.72. The van der Waals surface area contributed by atoms with Crippen LogP contribution in [0.3, 0.4) is 0 Å². The zero-order chi connectivity index (χ0) is 18.3. The second-order valence-electron chi connectivity index (χ2n) is 3.89. The van der Waals surface area contributed by atoms with E-state index in [0.29, 0.717) is 0 Å². The van der Waals surface area contributed by atoms with Crippen LogP contribution in [0, 0.1) is 20.2 Å². The molecule has 2 heterocycles. The van der Waals surface area contributed by atoms with Gasteiger partial charge in [-0.25, -0.2) is 0 Å². The van der Waals surface area contributed by atoms with E-state index in [1.54, 1.807) is 0 Å². The molecule has 0 saturated heterocycles. The zero-order valence-electron chi connectivity index (χ0n) is 12.2. The zero-order valence-corrected chi connectivity index (χ0v) is 15.2. The smallest absolute Gasteiger partial charge is 0.543 e. The van der Waals surface area contributed by atoms with Crippen LogP contribution in [0.1, 0.15) is 21.0 Å². The third-order valence-corrected chi connectivity index (χ3v) is 2.33. The van der Waals surface area contributed by atoms with Gasteiger partial charge in [-0.15, -0.1) is 0 Å². The minimum Gasteiger partial charge on any atom is -0.543 e. The van der Waals surface area contributed by atoms with E-state index in [-0.39, 0.29) is 30.9 Å². The molecule has 124 valence electrons. The van der Waals surface area contributed by atoms with Gasteiger partial charge in [0, 0.05) is 36.7 Å². The first-order valence-electron chi connectivity index (χ1n) is 5.86. The summed E-state index contributed by atoms with van der Waals surface area (Å²) in [6, 6.07) is 3.89. The number of aromatic carboxylic acids is 2. The maximum Gasteiger partial charge on any atom is 2.00 e. The molecule has 0 fully saturated rings. The van der Waals surface area contributed by atoms with Gasteiger partial charge in [0.1, 0.15) is 0 Å². The number of hydrogen-bond donors (Lipinski definition) is 0.